The Morgan fingerprint density at radius 1 is 1.03 bits per heavy atom. The molecule has 3 rings (SSSR count). The van der Waals surface area contributed by atoms with E-state index in [4.69, 9.17) is 9.47 Å². The van der Waals surface area contributed by atoms with Gasteiger partial charge in [-0.15, -0.1) is 11.3 Å². The first kappa shape index (κ1) is 20.3. The molecule has 0 spiro atoms. The van der Waals surface area contributed by atoms with Crippen LogP contribution in [-0.2, 0) is 11.2 Å². The third kappa shape index (κ3) is 5.52. The Bertz CT molecular complexity index is 999. The summed E-state index contributed by atoms with van der Waals surface area (Å²) in [6.45, 7) is 0. The predicted octanol–water partition coefficient (Wildman–Crippen LogP) is 3.73. The molecule has 150 valence electrons. The van der Waals surface area contributed by atoms with E-state index in [9.17, 15) is 14.0 Å². The first-order valence-corrected chi connectivity index (χ1v) is 9.39. The van der Waals surface area contributed by atoms with Crippen molar-refractivity contribution >= 4 is 34.0 Å². The summed E-state index contributed by atoms with van der Waals surface area (Å²) in [6, 6.07) is 10.3. The lowest BCUT2D eigenvalue weighted by Crippen LogP contribution is -2.15. The number of hydrogen-bond donors (Lipinski definition) is 2. The minimum Gasteiger partial charge on any atom is -0.497 e. The van der Waals surface area contributed by atoms with Crippen molar-refractivity contribution in [3.05, 3.63) is 64.9 Å². The van der Waals surface area contributed by atoms with Crippen LogP contribution in [0.25, 0.3) is 0 Å². The number of anilines is 2. The Labute approximate surface area is 170 Å². The van der Waals surface area contributed by atoms with Gasteiger partial charge in [0.05, 0.1) is 26.3 Å². The molecule has 1 aromatic heterocycles. The summed E-state index contributed by atoms with van der Waals surface area (Å²) < 4.78 is 23.2. The zero-order valence-corrected chi connectivity index (χ0v) is 16.5. The molecule has 2 aromatic carbocycles. The summed E-state index contributed by atoms with van der Waals surface area (Å²) >= 11 is 1.21. The van der Waals surface area contributed by atoms with Gasteiger partial charge in [-0.25, -0.2) is 9.37 Å². The average Bonchev–Trinajstić information content (AvgIpc) is 3.15. The van der Waals surface area contributed by atoms with E-state index >= 15 is 0 Å². The summed E-state index contributed by atoms with van der Waals surface area (Å²) in [5, 5.41) is 7.41. The third-order valence-corrected chi connectivity index (χ3v) is 4.66. The van der Waals surface area contributed by atoms with Gasteiger partial charge in [-0.3, -0.25) is 14.9 Å². The quantitative estimate of drug-likeness (QED) is 0.614. The maximum Gasteiger partial charge on any atom is 0.257 e. The summed E-state index contributed by atoms with van der Waals surface area (Å²) in [4.78, 5) is 28.9. The number of aromatic nitrogens is 1. The molecule has 1 heterocycles. The molecule has 0 unspecified atom stereocenters. The Morgan fingerprint density at radius 2 is 1.69 bits per heavy atom. The molecule has 2 amide bonds. The fourth-order valence-corrected chi connectivity index (χ4v) is 3.16. The largest absolute Gasteiger partial charge is 0.497 e. The monoisotopic (exact) mass is 415 g/mol. The van der Waals surface area contributed by atoms with Gasteiger partial charge < -0.3 is 14.8 Å². The number of benzene rings is 2. The Morgan fingerprint density at radius 3 is 2.31 bits per heavy atom. The predicted molar refractivity (Wildman–Crippen MR) is 108 cm³/mol. The maximum atomic E-state index is 12.9. The van der Waals surface area contributed by atoms with Crippen LogP contribution in [0.3, 0.4) is 0 Å². The molecule has 0 aliphatic carbocycles. The van der Waals surface area contributed by atoms with Gasteiger partial charge in [0.25, 0.3) is 5.91 Å². The van der Waals surface area contributed by atoms with Crippen molar-refractivity contribution in [1.82, 2.24) is 4.98 Å². The Hall–Kier alpha value is -3.46. The lowest BCUT2D eigenvalue weighted by Gasteiger charge is -2.08. The normalized spacial score (nSPS) is 10.3. The average molecular weight is 415 g/mol. The molecule has 3 aromatic rings. The van der Waals surface area contributed by atoms with Crippen LogP contribution in [0.2, 0.25) is 0 Å². The van der Waals surface area contributed by atoms with Crippen molar-refractivity contribution in [2.45, 2.75) is 6.42 Å². The van der Waals surface area contributed by atoms with Crippen molar-refractivity contribution in [1.29, 1.82) is 0 Å². The van der Waals surface area contributed by atoms with Crippen molar-refractivity contribution in [3.63, 3.8) is 0 Å². The molecule has 0 aliphatic rings. The molecule has 2 N–H and O–H groups in total. The van der Waals surface area contributed by atoms with Crippen LogP contribution in [0.5, 0.6) is 11.5 Å². The third-order valence-electron chi connectivity index (χ3n) is 3.86. The number of carbonyl (C=O) groups excluding carboxylic acids is 2. The summed E-state index contributed by atoms with van der Waals surface area (Å²) in [5.74, 6) is -0.0636. The second-order valence-electron chi connectivity index (χ2n) is 5.93. The van der Waals surface area contributed by atoms with Crippen LogP contribution < -0.4 is 20.1 Å². The minimum atomic E-state index is -0.378. The second-order valence-corrected chi connectivity index (χ2v) is 6.79. The SMILES string of the molecule is COc1cc(OC)cc(C(=O)Nc2nc(CC(=O)Nc3ccc(F)cc3)cs2)c1. The highest BCUT2D eigenvalue weighted by atomic mass is 32.1. The molecule has 7 nitrogen and oxygen atoms in total. The Balaban J connectivity index is 1.62. The molecule has 0 radical (unpaired) electrons. The van der Waals surface area contributed by atoms with E-state index in [-0.39, 0.29) is 24.1 Å². The van der Waals surface area contributed by atoms with Crippen molar-refractivity contribution in [2.75, 3.05) is 24.9 Å². The smallest absolute Gasteiger partial charge is 0.257 e. The molecule has 0 aliphatic heterocycles. The van der Waals surface area contributed by atoms with Gasteiger partial charge in [0, 0.05) is 22.7 Å². The summed E-state index contributed by atoms with van der Waals surface area (Å²) in [6.07, 6.45) is 0.0245. The lowest BCUT2D eigenvalue weighted by atomic mass is 10.2. The number of nitrogens with one attached hydrogen (secondary N) is 2. The Kier molecular flexibility index (Phi) is 6.40. The number of carbonyl (C=O) groups is 2. The number of thiazole rings is 1. The molecular formula is C20H18FN3O4S. The highest BCUT2D eigenvalue weighted by Crippen LogP contribution is 2.24. The van der Waals surface area contributed by atoms with Crippen molar-refractivity contribution in [2.24, 2.45) is 0 Å². The van der Waals surface area contributed by atoms with E-state index in [0.29, 0.717) is 33.6 Å². The number of rotatable bonds is 7. The summed E-state index contributed by atoms with van der Waals surface area (Å²) in [5.41, 5.74) is 1.35. The van der Waals surface area contributed by atoms with E-state index < -0.39 is 0 Å². The molecule has 9 heteroatoms. The van der Waals surface area contributed by atoms with E-state index in [1.165, 1.54) is 49.8 Å². The van der Waals surface area contributed by atoms with Gasteiger partial charge in [0.2, 0.25) is 5.91 Å². The molecule has 0 atom stereocenters. The standard InChI is InChI=1S/C20H18FN3O4S/c1-27-16-7-12(8-17(10-16)28-2)19(26)24-20-23-15(11-29-20)9-18(25)22-14-5-3-13(21)4-6-14/h3-8,10-11H,9H2,1-2H3,(H,22,25)(H,23,24,26). The topological polar surface area (TPSA) is 89.6 Å². The van der Waals surface area contributed by atoms with Crippen LogP contribution in [0.4, 0.5) is 15.2 Å². The van der Waals surface area contributed by atoms with Crippen LogP contribution in [-0.4, -0.2) is 31.0 Å². The van der Waals surface area contributed by atoms with Crippen LogP contribution in [0, 0.1) is 5.82 Å². The number of methoxy groups -OCH3 is 2. The molecule has 29 heavy (non-hydrogen) atoms. The second kappa shape index (κ2) is 9.16. The number of nitrogens with zero attached hydrogens (tertiary/aromatic N) is 1. The molecule has 0 saturated carbocycles. The highest BCUT2D eigenvalue weighted by molar-refractivity contribution is 7.14. The minimum absolute atomic E-state index is 0.0245. The number of hydrogen-bond acceptors (Lipinski definition) is 6. The number of amides is 2. The summed E-state index contributed by atoms with van der Waals surface area (Å²) in [7, 11) is 3.00. The van der Waals surface area contributed by atoms with E-state index in [1.807, 2.05) is 0 Å². The molecule has 0 saturated heterocycles. The van der Waals surface area contributed by atoms with Gasteiger partial charge >= 0.3 is 0 Å². The maximum absolute atomic E-state index is 12.9. The van der Waals surface area contributed by atoms with Crippen molar-refractivity contribution < 1.29 is 23.5 Å². The van der Waals surface area contributed by atoms with Crippen LogP contribution >= 0.6 is 11.3 Å². The zero-order valence-electron chi connectivity index (χ0n) is 15.7. The van der Waals surface area contributed by atoms with Gasteiger partial charge in [0.15, 0.2) is 5.13 Å². The lowest BCUT2D eigenvalue weighted by molar-refractivity contribution is -0.115. The fourth-order valence-electron chi connectivity index (χ4n) is 2.46. The fraction of sp³-hybridized carbons (Fsp3) is 0.150. The van der Waals surface area contributed by atoms with Gasteiger partial charge in [-0.2, -0.15) is 0 Å². The van der Waals surface area contributed by atoms with Gasteiger partial charge in [0.1, 0.15) is 17.3 Å². The highest BCUT2D eigenvalue weighted by Gasteiger charge is 2.13. The van der Waals surface area contributed by atoms with E-state index in [2.05, 4.69) is 15.6 Å². The number of halogens is 1. The van der Waals surface area contributed by atoms with Gasteiger partial charge in [-0.05, 0) is 36.4 Å². The van der Waals surface area contributed by atoms with Gasteiger partial charge in [-0.1, -0.05) is 0 Å². The zero-order chi connectivity index (χ0) is 20.8. The molecule has 0 fully saturated rings. The number of ether oxygens (including phenoxy) is 2. The van der Waals surface area contributed by atoms with Crippen LogP contribution in [0.15, 0.2) is 47.8 Å². The molecule has 0 bridgehead atoms. The first-order chi connectivity index (χ1) is 14.0. The molecular weight excluding hydrogens is 397 g/mol. The van der Waals surface area contributed by atoms with Crippen molar-refractivity contribution in [3.8, 4) is 11.5 Å². The van der Waals surface area contributed by atoms with E-state index in [1.54, 1.807) is 23.6 Å². The van der Waals surface area contributed by atoms with E-state index in [0.717, 1.165) is 0 Å². The van der Waals surface area contributed by atoms with Crippen LogP contribution in [0.1, 0.15) is 16.1 Å². The first-order valence-electron chi connectivity index (χ1n) is 8.51.